The molecule has 1 aromatic rings. The zero-order chi connectivity index (χ0) is 13.2. The maximum absolute atomic E-state index is 6.40. The van der Waals surface area contributed by atoms with E-state index in [1.54, 1.807) is 5.57 Å². The van der Waals surface area contributed by atoms with Crippen LogP contribution in [0.3, 0.4) is 0 Å². The number of halogens is 1. The van der Waals surface area contributed by atoms with Gasteiger partial charge in [0.15, 0.2) is 0 Å². The number of alkyl halides is 1. The Morgan fingerprint density at radius 1 is 1.28 bits per heavy atom. The molecule has 98 valence electrons. The number of hydrogen-bond donors (Lipinski definition) is 0. The van der Waals surface area contributed by atoms with Gasteiger partial charge < -0.3 is 0 Å². The van der Waals surface area contributed by atoms with Crippen LogP contribution in [0.25, 0.3) is 0 Å². The van der Waals surface area contributed by atoms with Gasteiger partial charge in [0.1, 0.15) is 0 Å². The van der Waals surface area contributed by atoms with Crippen molar-refractivity contribution in [1.29, 1.82) is 0 Å². The minimum absolute atomic E-state index is 0.240. The van der Waals surface area contributed by atoms with Crippen LogP contribution in [0.2, 0.25) is 0 Å². The van der Waals surface area contributed by atoms with Crippen LogP contribution >= 0.6 is 23.4 Å². The summed E-state index contributed by atoms with van der Waals surface area (Å²) in [6.07, 6.45) is 2.31. The topological polar surface area (TPSA) is 0 Å². The molecule has 0 heterocycles. The van der Waals surface area contributed by atoms with Gasteiger partial charge in [-0.3, -0.25) is 0 Å². The Morgan fingerprint density at radius 3 is 2.61 bits per heavy atom. The van der Waals surface area contributed by atoms with Gasteiger partial charge in [0.05, 0.1) is 5.38 Å². The summed E-state index contributed by atoms with van der Waals surface area (Å²) in [5, 5.41) is 0.240. The van der Waals surface area contributed by atoms with E-state index in [2.05, 4.69) is 51.1 Å². The first-order valence-corrected chi connectivity index (χ1v) is 7.95. The largest absolute Gasteiger partial charge is 0.122 e. The fourth-order valence-electron chi connectivity index (χ4n) is 2.56. The van der Waals surface area contributed by atoms with E-state index in [1.807, 2.05) is 11.8 Å². The molecule has 0 amide bonds. The van der Waals surface area contributed by atoms with E-state index in [4.69, 9.17) is 11.6 Å². The van der Waals surface area contributed by atoms with Gasteiger partial charge in [-0.15, -0.1) is 23.4 Å². The highest BCUT2D eigenvalue weighted by Crippen LogP contribution is 2.43. The lowest BCUT2D eigenvalue weighted by molar-refractivity contribution is 0.371. The molecule has 0 bridgehead atoms. The highest BCUT2D eigenvalue weighted by atomic mass is 35.5. The lowest BCUT2D eigenvalue weighted by Crippen LogP contribution is -2.26. The molecule has 0 fully saturated rings. The van der Waals surface area contributed by atoms with Gasteiger partial charge >= 0.3 is 0 Å². The second-order valence-corrected chi connectivity index (χ2v) is 7.23. The quantitative estimate of drug-likeness (QED) is 0.399. The Morgan fingerprint density at radius 2 is 1.94 bits per heavy atom. The molecule has 1 aliphatic carbocycles. The summed E-state index contributed by atoms with van der Waals surface area (Å²) < 4.78 is 0. The standard InChI is InChI=1S/C16H21ClS/c1-12-14(16(2,3)10-9-15(12)17)11-18-13-7-5-4-6-8-13/h4-8,15H,9-11H2,1-3H3. The second kappa shape index (κ2) is 5.71. The Labute approximate surface area is 120 Å². The molecular formula is C16H21ClS. The van der Waals surface area contributed by atoms with Crippen molar-refractivity contribution < 1.29 is 0 Å². The molecule has 0 N–H and O–H groups in total. The van der Waals surface area contributed by atoms with Crippen LogP contribution < -0.4 is 0 Å². The average Bonchev–Trinajstić information content (AvgIpc) is 2.35. The summed E-state index contributed by atoms with van der Waals surface area (Å²) in [6.45, 7) is 6.90. The van der Waals surface area contributed by atoms with Crippen LogP contribution in [0.4, 0.5) is 0 Å². The number of benzene rings is 1. The molecule has 0 aromatic heterocycles. The van der Waals surface area contributed by atoms with E-state index < -0.39 is 0 Å². The van der Waals surface area contributed by atoms with Crippen molar-refractivity contribution in [1.82, 2.24) is 0 Å². The molecule has 0 saturated heterocycles. The van der Waals surface area contributed by atoms with Crippen LogP contribution in [0.15, 0.2) is 46.4 Å². The van der Waals surface area contributed by atoms with Gasteiger partial charge in [0.2, 0.25) is 0 Å². The van der Waals surface area contributed by atoms with Gasteiger partial charge in [0.25, 0.3) is 0 Å². The first-order chi connectivity index (χ1) is 8.50. The van der Waals surface area contributed by atoms with Crippen molar-refractivity contribution in [3.05, 3.63) is 41.5 Å². The Kier molecular flexibility index (Phi) is 4.45. The van der Waals surface area contributed by atoms with E-state index in [1.165, 1.54) is 16.9 Å². The van der Waals surface area contributed by atoms with Crippen LogP contribution in [-0.2, 0) is 0 Å². The fourth-order valence-corrected chi connectivity index (χ4v) is 4.08. The van der Waals surface area contributed by atoms with Gasteiger partial charge in [-0.1, -0.05) is 43.2 Å². The van der Waals surface area contributed by atoms with Crippen LogP contribution in [-0.4, -0.2) is 11.1 Å². The average molecular weight is 281 g/mol. The number of thioether (sulfide) groups is 1. The monoisotopic (exact) mass is 280 g/mol. The lowest BCUT2D eigenvalue weighted by Gasteiger charge is -2.36. The molecule has 0 aliphatic heterocycles. The summed E-state index contributed by atoms with van der Waals surface area (Å²) in [7, 11) is 0. The molecule has 18 heavy (non-hydrogen) atoms. The molecule has 1 aliphatic rings. The van der Waals surface area contributed by atoms with Crippen LogP contribution in [0.5, 0.6) is 0 Å². The number of rotatable bonds is 3. The van der Waals surface area contributed by atoms with Gasteiger partial charge in [-0.25, -0.2) is 0 Å². The maximum atomic E-state index is 6.40. The van der Waals surface area contributed by atoms with E-state index in [0.717, 1.165) is 12.2 Å². The summed E-state index contributed by atoms with van der Waals surface area (Å²) >= 11 is 8.32. The van der Waals surface area contributed by atoms with Crippen LogP contribution in [0.1, 0.15) is 33.6 Å². The predicted molar refractivity (Wildman–Crippen MR) is 82.5 cm³/mol. The van der Waals surface area contributed by atoms with Crippen LogP contribution in [0, 0.1) is 5.41 Å². The maximum Gasteiger partial charge on any atom is 0.0546 e. The SMILES string of the molecule is CC1=C(CSc2ccccc2)C(C)(C)CCC1Cl. The molecule has 1 unspecified atom stereocenters. The van der Waals surface area contributed by atoms with Crippen molar-refractivity contribution in [3.63, 3.8) is 0 Å². The summed E-state index contributed by atoms with van der Waals surface area (Å²) in [4.78, 5) is 1.34. The van der Waals surface area contributed by atoms with Crippen molar-refractivity contribution >= 4 is 23.4 Å². The zero-order valence-corrected chi connectivity index (χ0v) is 12.9. The minimum Gasteiger partial charge on any atom is -0.122 e. The predicted octanol–water partition coefficient (Wildman–Crippen LogP) is 5.52. The Hall–Kier alpha value is -0.400. The first kappa shape index (κ1) is 14.0. The summed E-state index contributed by atoms with van der Waals surface area (Å²) in [5.74, 6) is 1.06. The molecule has 0 spiro atoms. The lowest BCUT2D eigenvalue weighted by atomic mass is 9.73. The second-order valence-electron chi connectivity index (χ2n) is 5.65. The highest BCUT2D eigenvalue weighted by Gasteiger charge is 2.32. The molecule has 2 heteroatoms. The molecule has 0 nitrogen and oxygen atoms in total. The molecular weight excluding hydrogens is 260 g/mol. The van der Waals surface area contributed by atoms with Crippen molar-refractivity contribution in [2.24, 2.45) is 5.41 Å². The molecule has 1 atom stereocenters. The normalized spacial score (nSPS) is 23.2. The van der Waals surface area contributed by atoms with E-state index in [9.17, 15) is 0 Å². The van der Waals surface area contributed by atoms with E-state index in [0.29, 0.717) is 5.41 Å². The molecule has 2 rings (SSSR count). The summed E-state index contributed by atoms with van der Waals surface area (Å²) in [6, 6.07) is 10.6. The number of allylic oxidation sites excluding steroid dienone is 1. The minimum atomic E-state index is 0.240. The highest BCUT2D eigenvalue weighted by molar-refractivity contribution is 7.99. The van der Waals surface area contributed by atoms with Crippen molar-refractivity contribution in [2.45, 2.75) is 43.9 Å². The third-order valence-electron chi connectivity index (χ3n) is 3.91. The molecule has 0 saturated carbocycles. The third-order valence-corrected chi connectivity index (χ3v) is 5.50. The van der Waals surface area contributed by atoms with Crippen molar-refractivity contribution in [2.75, 3.05) is 5.75 Å². The first-order valence-electron chi connectivity index (χ1n) is 6.53. The molecule has 1 aromatic carbocycles. The zero-order valence-electron chi connectivity index (χ0n) is 11.4. The number of hydrogen-bond acceptors (Lipinski definition) is 1. The van der Waals surface area contributed by atoms with Gasteiger partial charge in [0, 0.05) is 10.6 Å². The third kappa shape index (κ3) is 3.13. The fraction of sp³-hybridized carbons (Fsp3) is 0.500. The molecule has 0 radical (unpaired) electrons. The summed E-state index contributed by atoms with van der Waals surface area (Å²) in [5.41, 5.74) is 3.25. The smallest absolute Gasteiger partial charge is 0.0546 e. The van der Waals surface area contributed by atoms with Gasteiger partial charge in [-0.2, -0.15) is 0 Å². The Balaban J connectivity index is 2.13. The van der Waals surface area contributed by atoms with Crippen molar-refractivity contribution in [3.8, 4) is 0 Å². The van der Waals surface area contributed by atoms with Gasteiger partial charge in [-0.05, 0) is 37.3 Å². The Bertz CT molecular complexity index is 434. The van der Waals surface area contributed by atoms with E-state index in [-0.39, 0.29) is 5.38 Å². The van der Waals surface area contributed by atoms with E-state index >= 15 is 0 Å².